The van der Waals surface area contributed by atoms with Gasteiger partial charge < -0.3 is 14.2 Å². The number of aromatic nitrogens is 2. The molecule has 33 heavy (non-hydrogen) atoms. The number of hydrogen-bond acceptors (Lipinski definition) is 5. The summed E-state index contributed by atoms with van der Waals surface area (Å²) < 4.78 is 7.97. The largest absolute Gasteiger partial charge is 0.490 e. The molecule has 1 unspecified atom stereocenters. The maximum Gasteiger partial charge on any atom is 0.252 e. The van der Waals surface area contributed by atoms with E-state index in [4.69, 9.17) is 4.74 Å². The third-order valence-electron chi connectivity index (χ3n) is 7.34. The number of nitrogens with zero attached hydrogens (tertiary/aromatic N) is 4. The molecule has 1 aliphatic heterocycles. The number of benzene rings is 1. The van der Waals surface area contributed by atoms with Crippen LogP contribution in [0.3, 0.4) is 0 Å². The highest BCUT2D eigenvalue weighted by molar-refractivity contribution is 5.88. The Morgan fingerprint density at radius 1 is 1.09 bits per heavy atom. The van der Waals surface area contributed by atoms with Gasteiger partial charge in [-0.15, -0.1) is 0 Å². The van der Waals surface area contributed by atoms with E-state index in [1.54, 1.807) is 29.8 Å². The zero-order valence-electron chi connectivity index (χ0n) is 19.3. The van der Waals surface area contributed by atoms with Crippen LogP contribution in [0.25, 0.3) is 11.0 Å². The highest BCUT2D eigenvalue weighted by Gasteiger charge is 2.29. The van der Waals surface area contributed by atoms with Crippen molar-refractivity contribution in [1.82, 2.24) is 9.55 Å². The fourth-order valence-electron chi connectivity index (χ4n) is 5.39. The highest BCUT2D eigenvalue weighted by Crippen LogP contribution is 2.35. The molecule has 5 rings (SSSR count). The Balaban J connectivity index is 1.33. The standard InChI is InChI=1S/C27H30N4O2/c1-18-17-31(24-15-26(32)30(2)23-12-9-21(16-28)29-27(23)24)14-13-25(18)33-22-10-7-20(8-11-22)19-5-3-4-6-19/h7-12,15,18-19,25H,3-6,13-14,17H2,1-2H3/t18?,25-/m0/s1. The second kappa shape index (κ2) is 8.90. The molecule has 0 N–H and O–H groups in total. The monoisotopic (exact) mass is 442 g/mol. The van der Waals surface area contributed by atoms with Gasteiger partial charge in [0.15, 0.2) is 0 Å². The Labute approximate surface area is 194 Å². The molecule has 1 aliphatic carbocycles. The van der Waals surface area contributed by atoms with E-state index in [9.17, 15) is 10.1 Å². The van der Waals surface area contributed by atoms with Crippen LogP contribution in [0, 0.1) is 17.2 Å². The molecule has 1 saturated carbocycles. The molecule has 3 aromatic rings. The van der Waals surface area contributed by atoms with Crippen molar-refractivity contribution in [2.24, 2.45) is 13.0 Å². The Hall–Kier alpha value is -3.33. The van der Waals surface area contributed by atoms with E-state index in [-0.39, 0.29) is 17.6 Å². The van der Waals surface area contributed by atoms with Crippen LogP contribution in [0.15, 0.2) is 47.3 Å². The maximum atomic E-state index is 12.6. The topological polar surface area (TPSA) is 71.2 Å². The molecular formula is C27H30N4O2. The molecule has 2 aliphatic rings. The van der Waals surface area contributed by atoms with Crippen LogP contribution in [0.5, 0.6) is 5.75 Å². The number of anilines is 1. The predicted molar refractivity (Wildman–Crippen MR) is 130 cm³/mol. The van der Waals surface area contributed by atoms with E-state index in [1.807, 2.05) is 0 Å². The molecule has 3 heterocycles. The molecule has 6 nitrogen and oxygen atoms in total. The summed E-state index contributed by atoms with van der Waals surface area (Å²) in [4.78, 5) is 19.3. The lowest BCUT2D eigenvalue weighted by atomic mass is 9.95. The number of pyridine rings is 2. The van der Waals surface area contributed by atoms with Crippen LogP contribution in [-0.4, -0.2) is 28.7 Å². The molecule has 2 aromatic heterocycles. The third kappa shape index (κ3) is 4.20. The first-order valence-corrected chi connectivity index (χ1v) is 12.0. The maximum absolute atomic E-state index is 12.6. The van der Waals surface area contributed by atoms with E-state index >= 15 is 0 Å². The summed E-state index contributed by atoms with van der Waals surface area (Å²) in [5.74, 6) is 1.93. The molecular weight excluding hydrogens is 412 g/mol. The molecule has 0 spiro atoms. The minimum atomic E-state index is -0.0719. The molecule has 2 fully saturated rings. The Bertz CT molecular complexity index is 1250. The lowest BCUT2D eigenvalue weighted by Crippen LogP contribution is -2.45. The summed E-state index contributed by atoms with van der Waals surface area (Å²) in [6.45, 7) is 3.74. The number of piperidine rings is 1. The van der Waals surface area contributed by atoms with Gasteiger partial charge in [0, 0.05) is 38.5 Å². The van der Waals surface area contributed by atoms with E-state index < -0.39 is 0 Å². The van der Waals surface area contributed by atoms with Crippen molar-refractivity contribution in [3.05, 3.63) is 64.1 Å². The summed E-state index contributed by atoms with van der Waals surface area (Å²) in [6.07, 6.45) is 6.28. The zero-order valence-corrected chi connectivity index (χ0v) is 19.3. The van der Waals surface area contributed by atoms with Gasteiger partial charge in [0.2, 0.25) is 0 Å². The molecule has 0 amide bonds. The Morgan fingerprint density at radius 2 is 1.85 bits per heavy atom. The van der Waals surface area contributed by atoms with Crippen LogP contribution in [0.1, 0.15) is 56.2 Å². The quantitative estimate of drug-likeness (QED) is 0.583. The van der Waals surface area contributed by atoms with Crippen molar-refractivity contribution in [2.75, 3.05) is 18.0 Å². The van der Waals surface area contributed by atoms with Crippen molar-refractivity contribution in [1.29, 1.82) is 5.26 Å². The van der Waals surface area contributed by atoms with Crippen LogP contribution in [-0.2, 0) is 7.05 Å². The Kier molecular flexibility index (Phi) is 5.80. The first kappa shape index (κ1) is 21.5. The summed E-state index contributed by atoms with van der Waals surface area (Å²) in [7, 11) is 1.74. The van der Waals surface area contributed by atoms with Gasteiger partial charge in [0.1, 0.15) is 29.1 Å². The number of aryl methyl sites for hydroxylation is 1. The smallest absolute Gasteiger partial charge is 0.252 e. The summed E-state index contributed by atoms with van der Waals surface area (Å²) in [6, 6.07) is 15.9. The molecule has 170 valence electrons. The number of rotatable bonds is 4. The average Bonchev–Trinajstić information content (AvgIpc) is 3.38. The van der Waals surface area contributed by atoms with Crippen molar-refractivity contribution in [2.45, 2.75) is 51.0 Å². The lowest BCUT2D eigenvalue weighted by Gasteiger charge is -2.38. The molecule has 6 heteroatoms. The van der Waals surface area contributed by atoms with Gasteiger partial charge in [-0.1, -0.05) is 31.9 Å². The molecule has 0 bridgehead atoms. The first-order chi connectivity index (χ1) is 16.0. The summed E-state index contributed by atoms with van der Waals surface area (Å²) >= 11 is 0. The number of nitriles is 1. The molecule has 1 aromatic carbocycles. The fourth-order valence-corrected chi connectivity index (χ4v) is 5.39. The number of ether oxygens (including phenoxy) is 1. The van der Waals surface area contributed by atoms with Crippen LogP contribution >= 0.6 is 0 Å². The van der Waals surface area contributed by atoms with Crippen molar-refractivity contribution < 1.29 is 4.74 Å². The average molecular weight is 443 g/mol. The third-order valence-corrected chi connectivity index (χ3v) is 7.34. The van der Waals surface area contributed by atoms with Gasteiger partial charge in [-0.05, 0) is 48.6 Å². The number of hydrogen-bond donors (Lipinski definition) is 0. The minimum Gasteiger partial charge on any atom is -0.490 e. The van der Waals surface area contributed by atoms with E-state index in [2.05, 4.69) is 47.1 Å². The van der Waals surface area contributed by atoms with Crippen molar-refractivity contribution in [3.63, 3.8) is 0 Å². The highest BCUT2D eigenvalue weighted by atomic mass is 16.5. The van der Waals surface area contributed by atoms with E-state index in [0.717, 1.165) is 36.5 Å². The SMILES string of the molecule is CC1CN(c2cc(=O)n(C)c3ccc(C#N)nc23)CC[C@@H]1Oc1ccc(C2CCCC2)cc1. The number of fused-ring (bicyclic) bond motifs is 1. The molecule has 2 atom stereocenters. The van der Waals surface area contributed by atoms with Gasteiger partial charge in [-0.3, -0.25) is 4.79 Å². The van der Waals surface area contributed by atoms with Crippen LogP contribution < -0.4 is 15.2 Å². The van der Waals surface area contributed by atoms with Crippen molar-refractivity contribution >= 4 is 16.7 Å². The second-order valence-corrected chi connectivity index (χ2v) is 9.52. The normalized spacial score (nSPS) is 21.3. The van der Waals surface area contributed by atoms with Gasteiger partial charge in [-0.25, -0.2) is 4.98 Å². The predicted octanol–water partition coefficient (Wildman–Crippen LogP) is 4.76. The molecule has 0 radical (unpaired) electrons. The fraction of sp³-hybridized carbons (Fsp3) is 0.444. The minimum absolute atomic E-state index is 0.0719. The zero-order chi connectivity index (χ0) is 22.9. The van der Waals surface area contributed by atoms with Crippen LogP contribution in [0.4, 0.5) is 5.69 Å². The van der Waals surface area contributed by atoms with Gasteiger partial charge in [0.05, 0.1) is 11.2 Å². The first-order valence-electron chi connectivity index (χ1n) is 12.0. The van der Waals surface area contributed by atoms with Crippen molar-refractivity contribution in [3.8, 4) is 11.8 Å². The second-order valence-electron chi connectivity index (χ2n) is 9.52. The van der Waals surface area contributed by atoms with E-state index in [1.165, 1.54) is 31.2 Å². The summed E-state index contributed by atoms with van der Waals surface area (Å²) in [5, 5.41) is 9.31. The summed E-state index contributed by atoms with van der Waals surface area (Å²) in [5.41, 5.74) is 3.96. The van der Waals surface area contributed by atoms with E-state index in [0.29, 0.717) is 17.1 Å². The Morgan fingerprint density at radius 3 is 2.55 bits per heavy atom. The van der Waals surface area contributed by atoms with Gasteiger partial charge >= 0.3 is 0 Å². The van der Waals surface area contributed by atoms with Gasteiger partial charge in [-0.2, -0.15) is 5.26 Å². The lowest BCUT2D eigenvalue weighted by molar-refractivity contribution is 0.121. The molecule has 1 saturated heterocycles. The van der Waals surface area contributed by atoms with Gasteiger partial charge in [0.25, 0.3) is 5.56 Å². The van der Waals surface area contributed by atoms with Crippen LogP contribution in [0.2, 0.25) is 0 Å².